The second-order valence-electron chi connectivity index (χ2n) is 5.21. The van der Waals surface area contributed by atoms with E-state index >= 15 is 0 Å². The van der Waals surface area contributed by atoms with Gasteiger partial charge in [-0.25, -0.2) is 0 Å². The van der Waals surface area contributed by atoms with Crippen LogP contribution in [0.1, 0.15) is 26.2 Å². The van der Waals surface area contributed by atoms with Gasteiger partial charge in [0.25, 0.3) is 0 Å². The van der Waals surface area contributed by atoms with E-state index in [4.69, 9.17) is 0 Å². The van der Waals surface area contributed by atoms with E-state index in [1.54, 1.807) is 7.05 Å². The molecule has 1 fully saturated rings. The van der Waals surface area contributed by atoms with E-state index in [0.717, 1.165) is 13.1 Å². The normalized spacial score (nSPS) is 20.7. The minimum Gasteiger partial charge on any atom is -0.359 e. The predicted octanol–water partition coefficient (Wildman–Crippen LogP) is 0.444. The Morgan fingerprint density at radius 3 is 2.56 bits per heavy atom. The molecule has 0 spiro atoms. The fourth-order valence-corrected chi connectivity index (χ4v) is 2.05. The van der Waals surface area contributed by atoms with Crippen molar-refractivity contribution >= 4 is 5.91 Å². The van der Waals surface area contributed by atoms with Crippen LogP contribution >= 0.6 is 0 Å². The third-order valence-corrected chi connectivity index (χ3v) is 3.55. The van der Waals surface area contributed by atoms with Crippen LogP contribution in [0.3, 0.4) is 0 Å². The molecule has 1 aliphatic rings. The summed E-state index contributed by atoms with van der Waals surface area (Å²) in [7, 11) is 3.86. The number of hydrogen-bond donors (Lipinski definition) is 2. The van der Waals surface area contributed by atoms with Gasteiger partial charge in [-0.2, -0.15) is 0 Å². The summed E-state index contributed by atoms with van der Waals surface area (Å²) in [5.74, 6) is 0.112. The molecule has 1 aliphatic heterocycles. The average molecular weight is 227 g/mol. The molecule has 16 heavy (non-hydrogen) atoms. The summed E-state index contributed by atoms with van der Waals surface area (Å²) in [5.41, 5.74) is 0.412. The smallest absolute Gasteiger partial charge is 0.221 e. The van der Waals surface area contributed by atoms with E-state index in [1.165, 1.54) is 25.9 Å². The maximum Gasteiger partial charge on any atom is 0.221 e. The SMILES string of the molecule is CNC(=O)CCNCC1(C)CCN(C)CC1. The second kappa shape index (κ2) is 6.21. The molecule has 0 aromatic heterocycles. The first-order valence-electron chi connectivity index (χ1n) is 6.16. The molecule has 2 N–H and O–H groups in total. The van der Waals surface area contributed by atoms with Crippen LogP contribution in [0.15, 0.2) is 0 Å². The molecule has 0 aromatic rings. The van der Waals surface area contributed by atoms with Gasteiger partial charge in [0.1, 0.15) is 0 Å². The van der Waals surface area contributed by atoms with E-state index in [-0.39, 0.29) is 5.91 Å². The summed E-state index contributed by atoms with van der Waals surface area (Å²) in [6.45, 7) is 6.52. The molecular formula is C12H25N3O. The van der Waals surface area contributed by atoms with Crippen molar-refractivity contribution in [2.75, 3.05) is 40.3 Å². The summed E-state index contributed by atoms with van der Waals surface area (Å²) in [6.07, 6.45) is 3.07. The van der Waals surface area contributed by atoms with Gasteiger partial charge in [-0.15, -0.1) is 0 Å². The first kappa shape index (κ1) is 13.5. The van der Waals surface area contributed by atoms with Crippen molar-refractivity contribution in [1.82, 2.24) is 15.5 Å². The van der Waals surface area contributed by atoms with Gasteiger partial charge in [0.15, 0.2) is 0 Å². The zero-order valence-corrected chi connectivity index (χ0v) is 10.8. The number of piperidine rings is 1. The van der Waals surface area contributed by atoms with Gasteiger partial charge < -0.3 is 15.5 Å². The van der Waals surface area contributed by atoms with Gasteiger partial charge in [-0.05, 0) is 38.4 Å². The summed E-state index contributed by atoms with van der Waals surface area (Å²) in [6, 6.07) is 0. The molecule has 0 bridgehead atoms. The number of likely N-dealkylation sites (tertiary alicyclic amines) is 1. The lowest BCUT2D eigenvalue weighted by Gasteiger charge is -2.38. The highest BCUT2D eigenvalue weighted by molar-refractivity contribution is 5.75. The van der Waals surface area contributed by atoms with Gasteiger partial charge in [-0.1, -0.05) is 6.92 Å². The Labute approximate surface area is 98.8 Å². The lowest BCUT2D eigenvalue weighted by Crippen LogP contribution is -2.42. The largest absolute Gasteiger partial charge is 0.359 e. The quantitative estimate of drug-likeness (QED) is 0.670. The lowest BCUT2D eigenvalue weighted by atomic mass is 9.80. The number of nitrogens with zero attached hydrogens (tertiary/aromatic N) is 1. The van der Waals surface area contributed by atoms with Gasteiger partial charge in [-0.3, -0.25) is 4.79 Å². The predicted molar refractivity (Wildman–Crippen MR) is 66.4 cm³/mol. The maximum absolute atomic E-state index is 11.0. The Bertz CT molecular complexity index is 222. The Balaban J connectivity index is 2.14. The minimum absolute atomic E-state index is 0.112. The number of amides is 1. The van der Waals surface area contributed by atoms with Crippen molar-refractivity contribution in [3.05, 3.63) is 0 Å². The molecule has 0 radical (unpaired) electrons. The lowest BCUT2D eigenvalue weighted by molar-refractivity contribution is -0.120. The van der Waals surface area contributed by atoms with Crippen molar-refractivity contribution in [3.8, 4) is 0 Å². The molecule has 0 aliphatic carbocycles. The van der Waals surface area contributed by atoms with Crippen molar-refractivity contribution in [1.29, 1.82) is 0 Å². The van der Waals surface area contributed by atoms with Gasteiger partial charge >= 0.3 is 0 Å². The Morgan fingerprint density at radius 1 is 1.38 bits per heavy atom. The molecule has 1 amide bonds. The van der Waals surface area contributed by atoms with Crippen LogP contribution in [-0.2, 0) is 4.79 Å². The van der Waals surface area contributed by atoms with Crippen molar-refractivity contribution in [2.45, 2.75) is 26.2 Å². The Morgan fingerprint density at radius 2 is 2.00 bits per heavy atom. The number of carbonyl (C=O) groups excluding carboxylic acids is 1. The van der Waals surface area contributed by atoms with E-state index in [9.17, 15) is 4.79 Å². The standard InChI is InChI=1S/C12H25N3O/c1-12(5-8-15(3)9-6-12)10-14-7-4-11(16)13-2/h14H,4-10H2,1-3H3,(H,13,16). The van der Waals surface area contributed by atoms with E-state index < -0.39 is 0 Å². The highest BCUT2D eigenvalue weighted by atomic mass is 16.1. The highest BCUT2D eigenvalue weighted by Gasteiger charge is 2.28. The van der Waals surface area contributed by atoms with Crippen LogP contribution in [-0.4, -0.2) is 51.1 Å². The molecular weight excluding hydrogens is 202 g/mol. The molecule has 0 atom stereocenters. The van der Waals surface area contributed by atoms with E-state index in [1.807, 2.05) is 0 Å². The first-order valence-corrected chi connectivity index (χ1v) is 6.16. The molecule has 94 valence electrons. The van der Waals surface area contributed by atoms with E-state index in [2.05, 4.69) is 29.5 Å². The van der Waals surface area contributed by atoms with Crippen LogP contribution in [0.4, 0.5) is 0 Å². The Hall–Kier alpha value is -0.610. The summed E-state index contributed by atoms with van der Waals surface area (Å²) < 4.78 is 0. The summed E-state index contributed by atoms with van der Waals surface area (Å²) in [4.78, 5) is 13.4. The molecule has 1 rings (SSSR count). The van der Waals surface area contributed by atoms with Crippen LogP contribution in [0, 0.1) is 5.41 Å². The average Bonchev–Trinajstić information content (AvgIpc) is 2.29. The van der Waals surface area contributed by atoms with Gasteiger partial charge in [0.2, 0.25) is 5.91 Å². The van der Waals surface area contributed by atoms with Gasteiger partial charge in [0, 0.05) is 26.6 Å². The third kappa shape index (κ3) is 4.49. The fourth-order valence-electron chi connectivity index (χ4n) is 2.05. The van der Waals surface area contributed by atoms with E-state index in [0.29, 0.717) is 11.8 Å². The zero-order chi connectivity index (χ0) is 12.0. The summed E-state index contributed by atoms with van der Waals surface area (Å²) in [5, 5.41) is 6.03. The summed E-state index contributed by atoms with van der Waals surface area (Å²) >= 11 is 0. The number of nitrogens with one attached hydrogen (secondary N) is 2. The maximum atomic E-state index is 11.0. The first-order chi connectivity index (χ1) is 7.56. The van der Waals surface area contributed by atoms with Crippen LogP contribution < -0.4 is 10.6 Å². The zero-order valence-electron chi connectivity index (χ0n) is 10.8. The third-order valence-electron chi connectivity index (χ3n) is 3.55. The minimum atomic E-state index is 0.112. The Kier molecular flexibility index (Phi) is 5.22. The number of rotatable bonds is 5. The fraction of sp³-hybridized carbons (Fsp3) is 0.917. The number of carbonyl (C=O) groups is 1. The van der Waals surface area contributed by atoms with Crippen LogP contribution in [0.5, 0.6) is 0 Å². The molecule has 0 aromatic carbocycles. The molecule has 4 nitrogen and oxygen atoms in total. The topological polar surface area (TPSA) is 44.4 Å². The second-order valence-corrected chi connectivity index (χ2v) is 5.21. The van der Waals surface area contributed by atoms with Crippen molar-refractivity contribution < 1.29 is 4.79 Å². The number of hydrogen-bond acceptors (Lipinski definition) is 3. The highest BCUT2D eigenvalue weighted by Crippen LogP contribution is 2.29. The van der Waals surface area contributed by atoms with Crippen molar-refractivity contribution in [2.24, 2.45) is 5.41 Å². The molecule has 1 heterocycles. The molecule has 0 unspecified atom stereocenters. The monoisotopic (exact) mass is 227 g/mol. The van der Waals surface area contributed by atoms with Crippen LogP contribution in [0.2, 0.25) is 0 Å². The molecule has 4 heteroatoms. The van der Waals surface area contributed by atoms with Gasteiger partial charge in [0.05, 0.1) is 0 Å². The van der Waals surface area contributed by atoms with Crippen molar-refractivity contribution in [3.63, 3.8) is 0 Å². The molecule has 0 saturated carbocycles. The molecule has 1 saturated heterocycles. The van der Waals surface area contributed by atoms with Crippen LogP contribution in [0.25, 0.3) is 0 Å².